The average Bonchev–Trinajstić information content (AvgIpc) is 2.98. The van der Waals surface area contributed by atoms with E-state index in [2.05, 4.69) is 20.1 Å². The molecule has 3 aromatic rings. The molecule has 9 heteroatoms. The summed E-state index contributed by atoms with van der Waals surface area (Å²) >= 11 is 0. The van der Waals surface area contributed by atoms with Crippen molar-refractivity contribution in [3.63, 3.8) is 0 Å². The van der Waals surface area contributed by atoms with Gasteiger partial charge in [-0.1, -0.05) is 6.07 Å². The van der Waals surface area contributed by atoms with Crippen molar-refractivity contribution in [2.75, 3.05) is 12.8 Å². The Hall–Kier alpha value is -2.84. The fourth-order valence-corrected chi connectivity index (χ4v) is 2.45. The van der Waals surface area contributed by atoms with Crippen LogP contribution in [0.5, 0.6) is 5.88 Å². The Morgan fingerprint density at radius 2 is 2.04 bits per heavy atom. The van der Waals surface area contributed by atoms with Crippen molar-refractivity contribution < 1.29 is 13.5 Å². The number of methoxy groups -OCH3 is 1. The Bertz CT molecular complexity index is 903. The Morgan fingerprint density at radius 3 is 2.71 bits per heavy atom. The SMILES string of the molecule is COc1nc(C(C)(F)F)ccc1Cc1c(C)nc2ncnn2c1N. The summed E-state index contributed by atoms with van der Waals surface area (Å²) in [6.07, 6.45) is 1.69. The summed E-state index contributed by atoms with van der Waals surface area (Å²) in [5.74, 6) is -2.12. The number of rotatable bonds is 4. The highest BCUT2D eigenvalue weighted by Crippen LogP contribution is 2.30. The van der Waals surface area contributed by atoms with Crippen LogP contribution in [0.25, 0.3) is 5.78 Å². The third-order valence-corrected chi connectivity index (χ3v) is 3.72. The number of pyridine rings is 1. The lowest BCUT2D eigenvalue weighted by molar-refractivity contribution is 0.0122. The molecule has 0 amide bonds. The van der Waals surface area contributed by atoms with Crippen LogP contribution in [0.2, 0.25) is 0 Å². The van der Waals surface area contributed by atoms with E-state index in [9.17, 15) is 8.78 Å². The molecule has 0 aliphatic rings. The zero-order valence-electron chi connectivity index (χ0n) is 13.4. The van der Waals surface area contributed by atoms with E-state index in [0.29, 0.717) is 34.8 Å². The van der Waals surface area contributed by atoms with E-state index >= 15 is 0 Å². The van der Waals surface area contributed by atoms with Gasteiger partial charge >= 0.3 is 0 Å². The number of halogens is 2. The second-order valence-electron chi connectivity index (χ2n) is 5.46. The number of anilines is 1. The maximum atomic E-state index is 13.4. The Labute approximate surface area is 136 Å². The first-order valence-corrected chi connectivity index (χ1v) is 7.18. The number of alkyl halides is 2. The molecule has 3 heterocycles. The number of hydrogen-bond donors (Lipinski definition) is 1. The van der Waals surface area contributed by atoms with E-state index in [0.717, 1.165) is 6.92 Å². The van der Waals surface area contributed by atoms with Gasteiger partial charge in [0, 0.05) is 30.2 Å². The molecule has 0 aromatic carbocycles. The van der Waals surface area contributed by atoms with Crippen molar-refractivity contribution >= 4 is 11.6 Å². The minimum absolute atomic E-state index is 0.131. The van der Waals surface area contributed by atoms with E-state index in [1.54, 1.807) is 13.0 Å². The highest BCUT2D eigenvalue weighted by atomic mass is 19.3. The molecule has 0 bridgehead atoms. The van der Waals surface area contributed by atoms with E-state index in [-0.39, 0.29) is 11.6 Å². The van der Waals surface area contributed by atoms with Crippen LogP contribution in [0, 0.1) is 6.92 Å². The number of nitrogens with zero attached hydrogens (tertiary/aromatic N) is 5. The van der Waals surface area contributed by atoms with Gasteiger partial charge in [-0.3, -0.25) is 0 Å². The van der Waals surface area contributed by atoms with Gasteiger partial charge in [-0.05, 0) is 13.0 Å². The topological polar surface area (TPSA) is 91.2 Å². The fraction of sp³-hybridized carbons (Fsp3) is 0.333. The van der Waals surface area contributed by atoms with Crippen LogP contribution in [0.3, 0.4) is 0 Å². The van der Waals surface area contributed by atoms with Gasteiger partial charge < -0.3 is 10.5 Å². The maximum Gasteiger partial charge on any atom is 0.287 e. The van der Waals surface area contributed by atoms with Gasteiger partial charge in [0.1, 0.15) is 17.8 Å². The molecule has 3 rings (SSSR count). The van der Waals surface area contributed by atoms with E-state index in [1.165, 1.54) is 24.0 Å². The van der Waals surface area contributed by atoms with Crippen LogP contribution >= 0.6 is 0 Å². The molecular formula is C15H16F2N6O. The van der Waals surface area contributed by atoms with Crippen molar-refractivity contribution in [3.8, 4) is 5.88 Å². The van der Waals surface area contributed by atoms with E-state index < -0.39 is 5.92 Å². The largest absolute Gasteiger partial charge is 0.481 e. The molecule has 0 aliphatic carbocycles. The van der Waals surface area contributed by atoms with Gasteiger partial charge in [0.25, 0.3) is 11.7 Å². The third-order valence-electron chi connectivity index (χ3n) is 3.72. The molecule has 0 saturated heterocycles. The Balaban J connectivity index is 2.05. The number of hydrogen-bond acceptors (Lipinski definition) is 6. The highest BCUT2D eigenvalue weighted by Gasteiger charge is 2.27. The van der Waals surface area contributed by atoms with Crippen LogP contribution in [-0.2, 0) is 12.3 Å². The molecule has 2 N–H and O–H groups in total. The lowest BCUT2D eigenvalue weighted by atomic mass is 10.0. The van der Waals surface area contributed by atoms with Gasteiger partial charge in [-0.15, -0.1) is 0 Å². The summed E-state index contributed by atoms with van der Waals surface area (Å²) in [6, 6.07) is 2.84. The summed E-state index contributed by atoms with van der Waals surface area (Å²) < 4.78 is 33.5. The van der Waals surface area contributed by atoms with Crippen molar-refractivity contribution in [1.29, 1.82) is 0 Å². The predicted octanol–water partition coefficient (Wildman–Crippen LogP) is 2.12. The second-order valence-corrected chi connectivity index (χ2v) is 5.46. The molecule has 0 unspecified atom stereocenters. The lowest BCUT2D eigenvalue weighted by Gasteiger charge is -2.15. The van der Waals surface area contributed by atoms with Gasteiger partial charge in [-0.25, -0.2) is 9.97 Å². The fourth-order valence-electron chi connectivity index (χ4n) is 2.45. The standard InChI is InChI=1S/C15H16F2N6O/c1-8-10(12(18)23-14(21-8)19-7-20-23)6-9-4-5-11(15(2,16)17)22-13(9)24-3/h4-5,7H,6,18H2,1-3H3. The molecule has 0 saturated carbocycles. The number of ether oxygens (including phenoxy) is 1. The molecule has 3 aromatic heterocycles. The van der Waals surface area contributed by atoms with Gasteiger partial charge in [-0.2, -0.15) is 23.4 Å². The summed E-state index contributed by atoms with van der Waals surface area (Å²) in [6.45, 7) is 2.59. The number of nitrogens with two attached hydrogens (primary N) is 1. The van der Waals surface area contributed by atoms with Gasteiger partial charge in [0.2, 0.25) is 5.88 Å². The summed E-state index contributed by atoms with van der Waals surface area (Å²) in [5.41, 5.74) is 7.81. The first-order chi connectivity index (χ1) is 11.3. The molecular weight excluding hydrogens is 318 g/mol. The first-order valence-electron chi connectivity index (χ1n) is 7.18. The number of nitrogen functional groups attached to an aromatic ring is 1. The van der Waals surface area contributed by atoms with Crippen LogP contribution < -0.4 is 10.5 Å². The van der Waals surface area contributed by atoms with E-state index in [4.69, 9.17) is 10.5 Å². The number of aromatic nitrogens is 5. The van der Waals surface area contributed by atoms with Crippen molar-refractivity contribution in [2.45, 2.75) is 26.2 Å². The molecule has 126 valence electrons. The first kappa shape index (κ1) is 16.0. The number of fused-ring (bicyclic) bond motifs is 1. The summed E-state index contributed by atoms with van der Waals surface area (Å²) in [4.78, 5) is 12.2. The van der Waals surface area contributed by atoms with Gasteiger partial charge in [0.15, 0.2) is 0 Å². The third kappa shape index (κ3) is 2.72. The number of aryl methyl sites for hydroxylation is 1. The molecule has 0 radical (unpaired) electrons. The predicted molar refractivity (Wildman–Crippen MR) is 83.1 cm³/mol. The van der Waals surface area contributed by atoms with Crippen LogP contribution in [0.1, 0.15) is 29.4 Å². The molecule has 24 heavy (non-hydrogen) atoms. The van der Waals surface area contributed by atoms with Gasteiger partial charge in [0.05, 0.1) is 7.11 Å². The molecule has 0 atom stereocenters. The molecule has 7 nitrogen and oxygen atoms in total. The highest BCUT2D eigenvalue weighted by molar-refractivity contribution is 5.51. The molecule has 0 fully saturated rings. The monoisotopic (exact) mass is 334 g/mol. The minimum atomic E-state index is -3.04. The Kier molecular flexibility index (Phi) is 3.78. The smallest absolute Gasteiger partial charge is 0.287 e. The quantitative estimate of drug-likeness (QED) is 0.786. The van der Waals surface area contributed by atoms with Crippen LogP contribution in [0.15, 0.2) is 18.5 Å². The zero-order valence-corrected chi connectivity index (χ0v) is 13.4. The average molecular weight is 334 g/mol. The zero-order chi connectivity index (χ0) is 17.5. The Morgan fingerprint density at radius 1 is 1.29 bits per heavy atom. The van der Waals surface area contributed by atoms with Crippen molar-refractivity contribution in [3.05, 3.63) is 41.0 Å². The van der Waals surface area contributed by atoms with Crippen molar-refractivity contribution in [1.82, 2.24) is 24.6 Å². The maximum absolute atomic E-state index is 13.4. The van der Waals surface area contributed by atoms with E-state index in [1.807, 2.05) is 0 Å². The molecule has 0 aliphatic heterocycles. The van der Waals surface area contributed by atoms with Crippen LogP contribution in [-0.4, -0.2) is 31.7 Å². The lowest BCUT2D eigenvalue weighted by Crippen LogP contribution is -2.12. The summed E-state index contributed by atoms with van der Waals surface area (Å²) in [7, 11) is 1.39. The normalized spacial score (nSPS) is 11.9. The van der Waals surface area contributed by atoms with Crippen molar-refractivity contribution in [2.24, 2.45) is 0 Å². The minimum Gasteiger partial charge on any atom is -0.481 e. The molecule has 0 spiro atoms. The second kappa shape index (κ2) is 5.66. The van der Waals surface area contributed by atoms with Crippen LogP contribution in [0.4, 0.5) is 14.6 Å². The summed E-state index contributed by atoms with van der Waals surface area (Å²) in [5, 5.41) is 4.02.